The smallest absolute Gasteiger partial charge is 0.271 e. The Kier molecular flexibility index (Phi) is 4.55. The van der Waals surface area contributed by atoms with E-state index in [-0.39, 0.29) is 5.69 Å². The second-order valence-corrected chi connectivity index (χ2v) is 6.05. The van der Waals surface area contributed by atoms with Gasteiger partial charge in [-0.2, -0.15) is 0 Å². The Labute approximate surface area is 160 Å². The van der Waals surface area contributed by atoms with Gasteiger partial charge in [0.1, 0.15) is 11.6 Å². The number of aromatic nitrogens is 2. The first-order chi connectivity index (χ1) is 13.7. The molecule has 0 radical (unpaired) electrons. The molecule has 138 valence electrons. The maximum atomic E-state index is 11.2. The monoisotopic (exact) mass is 372 g/mol. The lowest BCUT2D eigenvalue weighted by Crippen LogP contribution is -2.01. The fourth-order valence-corrected chi connectivity index (χ4v) is 2.92. The Hall–Kier alpha value is -4.00. The molecule has 0 saturated heterocycles. The molecule has 0 unspecified atom stereocenters. The van der Waals surface area contributed by atoms with Gasteiger partial charge in [-0.1, -0.05) is 42.5 Å². The van der Waals surface area contributed by atoms with Crippen molar-refractivity contribution in [1.82, 2.24) is 9.97 Å². The SMILES string of the molecule is COc1ccc([N+](=O)[O-])cc1Nc1nc(-c2ccccc2)nc2ccccc12. The number of hydrogen-bond donors (Lipinski definition) is 1. The molecule has 0 amide bonds. The van der Waals surface area contributed by atoms with Crippen LogP contribution in [0.3, 0.4) is 0 Å². The fourth-order valence-electron chi connectivity index (χ4n) is 2.92. The summed E-state index contributed by atoms with van der Waals surface area (Å²) in [5.41, 5.74) is 2.06. The molecule has 7 heteroatoms. The second-order valence-electron chi connectivity index (χ2n) is 6.05. The van der Waals surface area contributed by atoms with E-state index in [4.69, 9.17) is 4.74 Å². The molecule has 0 spiro atoms. The Morgan fingerprint density at radius 3 is 2.46 bits per heavy atom. The van der Waals surface area contributed by atoms with Gasteiger partial charge in [-0.25, -0.2) is 9.97 Å². The molecule has 7 nitrogen and oxygen atoms in total. The number of hydrogen-bond acceptors (Lipinski definition) is 6. The van der Waals surface area contributed by atoms with E-state index in [1.165, 1.54) is 19.2 Å². The van der Waals surface area contributed by atoms with E-state index in [9.17, 15) is 10.1 Å². The van der Waals surface area contributed by atoms with Crippen molar-refractivity contribution in [3.8, 4) is 17.1 Å². The predicted molar refractivity (Wildman–Crippen MR) is 108 cm³/mol. The highest BCUT2D eigenvalue weighted by atomic mass is 16.6. The van der Waals surface area contributed by atoms with Crippen LogP contribution < -0.4 is 10.1 Å². The lowest BCUT2D eigenvalue weighted by Gasteiger charge is -2.13. The van der Waals surface area contributed by atoms with Crippen molar-refractivity contribution in [2.45, 2.75) is 0 Å². The molecular formula is C21H16N4O3. The van der Waals surface area contributed by atoms with Crippen LogP contribution in [0.25, 0.3) is 22.3 Å². The maximum absolute atomic E-state index is 11.2. The largest absolute Gasteiger partial charge is 0.495 e. The predicted octanol–water partition coefficient (Wildman–Crippen LogP) is 4.96. The van der Waals surface area contributed by atoms with E-state index in [2.05, 4.69) is 15.3 Å². The molecule has 4 aromatic rings. The summed E-state index contributed by atoms with van der Waals surface area (Å²) < 4.78 is 5.35. The van der Waals surface area contributed by atoms with Gasteiger partial charge in [0, 0.05) is 23.1 Å². The standard InChI is InChI=1S/C21H16N4O3/c1-28-19-12-11-15(25(26)27)13-18(19)23-21-16-9-5-6-10-17(16)22-20(24-21)14-7-3-2-4-8-14/h2-13H,1H3,(H,22,23,24). The molecule has 0 aliphatic rings. The molecule has 3 aromatic carbocycles. The van der Waals surface area contributed by atoms with Crippen LogP contribution in [-0.2, 0) is 0 Å². The summed E-state index contributed by atoms with van der Waals surface area (Å²) in [7, 11) is 1.51. The Morgan fingerprint density at radius 1 is 0.964 bits per heavy atom. The second kappa shape index (κ2) is 7.32. The minimum absolute atomic E-state index is 0.0371. The minimum Gasteiger partial charge on any atom is -0.495 e. The zero-order chi connectivity index (χ0) is 19.5. The van der Waals surface area contributed by atoms with Crippen molar-refractivity contribution < 1.29 is 9.66 Å². The summed E-state index contributed by atoms with van der Waals surface area (Å²) in [6.07, 6.45) is 0. The van der Waals surface area contributed by atoms with Crippen molar-refractivity contribution >= 4 is 28.1 Å². The Bertz CT molecular complexity index is 1160. The molecule has 0 fully saturated rings. The molecule has 1 heterocycles. The Balaban J connectivity index is 1.87. The highest BCUT2D eigenvalue weighted by Gasteiger charge is 2.15. The van der Waals surface area contributed by atoms with Crippen LogP contribution in [0.1, 0.15) is 0 Å². The van der Waals surface area contributed by atoms with Crippen molar-refractivity contribution in [1.29, 1.82) is 0 Å². The quantitative estimate of drug-likeness (QED) is 0.393. The maximum Gasteiger partial charge on any atom is 0.271 e. The summed E-state index contributed by atoms with van der Waals surface area (Å²) in [6, 6.07) is 21.6. The summed E-state index contributed by atoms with van der Waals surface area (Å²) >= 11 is 0. The van der Waals surface area contributed by atoms with Crippen LogP contribution in [0.15, 0.2) is 72.8 Å². The number of fused-ring (bicyclic) bond motifs is 1. The van der Waals surface area contributed by atoms with Gasteiger partial charge in [0.25, 0.3) is 5.69 Å². The number of non-ortho nitro benzene ring substituents is 1. The van der Waals surface area contributed by atoms with Gasteiger partial charge >= 0.3 is 0 Å². The first kappa shape index (κ1) is 17.4. The zero-order valence-electron chi connectivity index (χ0n) is 15.0. The number of nitro benzene ring substituents is 1. The van der Waals surface area contributed by atoms with Gasteiger partial charge in [-0.05, 0) is 18.2 Å². The molecule has 0 aliphatic heterocycles. The number of para-hydroxylation sites is 1. The average molecular weight is 372 g/mol. The number of rotatable bonds is 5. The third kappa shape index (κ3) is 3.33. The van der Waals surface area contributed by atoms with Gasteiger partial charge in [-0.3, -0.25) is 10.1 Å². The first-order valence-electron chi connectivity index (χ1n) is 8.57. The summed E-state index contributed by atoms with van der Waals surface area (Å²) in [5.74, 6) is 1.59. The normalized spacial score (nSPS) is 10.6. The third-order valence-electron chi connectivity index (χ3n) is 4.28. The lowest BCUT2D eigenvalue weighted by molar-refractivity contribution is -0.384. The van der Waals surface area contributed by atoms with E-state index >= 15 is 0 Å². The molecule has 4 rings (SSSR count). The van der Waals surface area contributed by atoms with E-state index in [1.807, 2.05) is 54.6 Å². The number of nitro groups is 1. The van der Waals surface area contributed by atoms with Gasteiger partial charge < -0.3 is 10.1 Å². The molecule has 0 bridgehead atoms. The van der Waals surface area contributed by atoms with Gasteiger partial charge in [0.15, 0.2) is 5.82 Å². The molecule has 1 N–H and O–H groups in total. The van der Waals surface area contributed by atoms with Crippen molar-refractivity contribution in [3.63, 3.8) is 0 Å². The number of nitrogens with one attached hydrogen (secondary N) is 1. The lowest BCUT2D eigenvalue weighted by atomic mass is 10.1. The van der Waals surface area contributed by atoms with Gasteiger partial charge in [-0.15, -0.1) is 0 Å². The molecule has 0 atom stereocenters. The summed E-state index contributed by atoms with van der Waals surface area (Å²) in [4.78, 5) is 20.0. The molecule has 1 aromatic heterocycles. The topological polar surface area (TPSA) is 90.2 Å². The summed E-state index contributed by atoms with van der Waals surface area (Å²) in [5, 5.41) is 15.2. The van der Waals surface area contributed by atoms with E-state index in [1.54, 1.807) is 6.07 Å². The molecule has 0 aliphatic carbocycles. The third-order valence-corrected chi connectivity index (χ3v) is 4.28. The van der Waals surface area contributed by atoms with Crippen molar-refractivity contribution in [2.24, 2.45) is 0 Å². The number of nitrogens with zero attached hydrogens (tertiary/aromatic N) is 3. The van der Waals surface area contributed by atoms with E-state index in [0.717, 1.165) is 16.5 Å². The van der Waals surface area contributed by atoms with Crippen LogP contribution in [-0.4, -0.2) is 22.0 Å². The van der Waals surface area contributed by atoms with Crippen LogP contribution in [0.4, 0.5) is 17.2 Å². The van der Waals surface area contributed by atoms with Crippen molar-refractivity contribution in [2.75, 3.05) is 12.4 Å². The Morgan fingerprint density at radius 2 is 1.71 bits per heavy atom. The molecule has 28 heavy (non-hydrogen) atoms. The highest BCUT2D eigenvalue weighted by molar-refractivity contribution is 5.92. The summed E-state index contributed by atoms with van der Waals surface area (Å²) in [6.45, 7) is 0. The van der Waals surface area contributed by atoms with Crippen LogP contribution in [0.5, 0.6) is 5.75 Å². The number of benzene rings is 3. The van der Waals surface area contributed by atoms with Crippen LogP contribution in [0, 0.1) is 10.1 Å². The first-order valence-corrected chi connectivity index (χ1v) is 8.57. The molecular weight excluding hydrogens is 356 g/mol. The minimum atomic E-state index is -0.446. The fraction of sp³-hybridized carbons (Fsp3) is 0.0476. The molecule has 0 saturated carbocycles. The van der Waals surface area contributed by atoms with Crippen LogP contribution in [0.2, 0.25) is 0 Å². The average Bonchev–Trinajstić information content (AvgIpc) is 2.74. The van der Waals surface area contributed by atoms with E-state index in [0.29, 0.717) is 23.1 Å². The highest BCUT2D eigenvalue weighted by Crippen LogP contribution is 2.33. The number of ether oxygens (including phenoxy) is 1. The van der Waals surface area contributed by atoms with E-state index < -0.39 is 4.92 Å². The van der Waals surface area contributed by atoms with Gasteiger partial charge in [0.05, 0.1) is 23.2 Å². The van der Waals surface area contributed by atoms with Crippen LogP contribution >= 0.6 is 0 Å². The number of methoxy groups -OCH3 is 1. The zero-order valence-corrected chi connectivity index (χ0v) is 15.0. The van der Waals surface area contributed by atoms with Gasteiger partial charge in [0.2, 0.25) is 0 Å². The number of anilines is 2. The van der Waals surface area contributed by atoms with Crippen molar-refractivity contribution in [3.05, 3.63) is 82.9 Å².